The minimum Gasteiger partial charge on any atom is -0.378 e. The number of aryl methyl sites for hydroxylation is 1. The van der Waals surface area contributed by atoms with Gasteiger partial charge in [0, 0.05) is 44.5 Å². The van der Waals surface area contributed by atoms with Crippen LogP contribution in [0.25, 0.3) is 0 Å². The lowest BCUT2D eigenvalue weighted by Crippen LogP contribution is -2.49. The van der Waals surface area contributed by atoms with Crippen LogP contribution in [0.1, 0.15) is 76.8 Å². The largest absolute Gasteiger partial charge is 0.378 e. The van der Waals surface area contributed by atoms with E-state index in [0.717, 1.165) is 75.9 Å². The van der Waals surface area contributed by atoms with Crippen LogP contribution >= 0.6 is 24.0 Å². The van der Waals surface area contributed by atoms with Gasteiger partial charge in [0.25, 0.3) is 0 Å². The predicted octanol–water partition coefficient (Wildman–Crippen LogP) is 5.05. The second-order valence-electron chi connectivity index (χ2n) is 8.99. The Morgan fingerprint density at radius 2 is 1.84 bits per heavy atom. The number of piperidine rings is 1. The first-order valence-electron chi connectivity index (χ1n) is 12.6. The molecule has 182 valence electrons. The number of pyridine rings is 1. The molecule has 2 N–H and O–H groups in total. The van der Waals surface area contributed by atoms with Gasteiger partial charge in [-0.15, -0.1) is 24.0 Å². The zero-order valence-electron chi connectivity index (χ0n) is 20.2. The fourth-order valence-electron chi connectivity index (χ4n) is 4.53. The van der Waals surface area contributed by atoms with Gasteiger partial charge in [-0.3, -0.25) is 4.99 Å². The summed E-state index contributed by atoms with van der Waals surface area (Å²) in [6, 6.07) is 6.74. The van der Waals surface area contributed by atoms with Crippen molar-refractivity contribution in [3.05, 3.63) is 23.9 Å². The van der Waals surface area contributed by atoms with Crippen LogP contribution in [0.4, 0.5) is 5.82 Å². The van der Waals surface area contributed by atoms with Crippen molar-refractivity contribution >= 4 is 35.8 Å². The third-order valence-corrected chi connectivity index (χ3v) is 6.36. The van der Waals surface area contributed by atoms with E-state index < -0.39 is 0 Å². The molecule has 7 heteroatoms. The number of ether oxygens (including phenoxy) is 1. The molecule has 2 heterocycles. The van der Waals surface area contributed by atoms with E-state index in [2.05, 4.69) is 52.6 Å². The summed E-state index contributed by atoms with van der Waals surface area (Å²) in [5, 5.41) is 7.06. The zero-order valence-corrected chi connectivity index (χ0v) is 22.5. The van der Waals surface area contributed by atoms with Crippen molar-refractivity contribution in [3.8, 4) is 0 Å². The summed E-state index contributed by atoms with van der Waals surface area (Å²) in [5.74, 6) is 2.06. The molecule has 0 aromatic carbocycles. The molecule has 0 atom stereocenters. The topological polar surface area (TPSA) is 61.8 Å². The van der Waals surface area contributed by atoms with Gasteiger partial charge in [0.05, 0.1) is 6.10 Å². The number of hydrogen-bond acceptors (Lipinski definition) is 4. The molecule has 2 fully saturated rings. The number of anilines is 1. The first-order valence-corrected chi connectivity index (χ1v) is 12.6. The summed E-state index contributed by atoms with van der Waals surface area (Å²) in [4.78, 5) is 11.9. The van der Waals surface area contributed by atoms with Gasteiger partial charge in [-0.25, -0.2) is 4.98 Å². The molecule has 1 aromatic heterocycles. The van der Waals surface area contributed by atoms with Gasteiger partial charge in [-0.1, -0.05) is 31.7 Å². The lowest BCUT2D eigenvalue weighted by atomic mass is 10.1. The van der Waals surface area contributed by atoms with E-state index in [4.69, 9.17) is 9.73 Å². The van der Waals surface area contributed by atoms with Gasteiger partial charge in [0.15, 0.2) is 5.96 Å². The molecule has 0 unspecified atom stereocenters. The highest BCUT2D eigenvalue weighted by atomic mass is 127. The van der Waals surface area contributed by atoms with Crippen molar-refractivity contribution in [1.82, 2.24) is 15.6 Å². The third-order valence-electron chi connectivity index (χ3n) is 6.36. The smallest absolute Gasteiger partial charge is 0.191 e. The highest BCUT2D eigenvalue weighted by Gasteiger charge is 2.21. The molecular formula is C25H44IN5O. The molecule has 1 aromatic rings. The van der Waals surface area contributed by atoms with E-state index in [1.54, 1.807) is 0 Å². The van der Waals surface area contributed by atoms with Gasteiger partial charge >= 0.3 is 0 Å². The maximum Gasteiger partial charge on any atom is 0.191 e. The Bertz CT molecular complexity index is 655. The van der Waals surface area contributed by atoms with Gasteiger partial charge in [-0.2, -0.15) is 0 Å². The lowest BCUT2D eigenvalue weighted by Gasteiger charge is -2.34. The fraction of sp³-hybridized carbons (Fsp3) is 0.760. The summed E-state index contributed by atoms with van der Waals surface area (Å²) < 4.78 is 6.10. The lowest BCUT2D eigenvalue weighted by molar-refractivity contribution is 0.0413. The Morgan fingerprint density at radius 3 is 2.53 bits per heavy atom. The Hall–Kier alpha value is -1.09. The minimum absolute atomic E-state index is 0. The van der Waals surface area contributed by atoms with Gasteiger partial charge in [0.1, 0.15) is 5.82 Å². The number of guanidine groups is 1. The molecule has 1 aliphatic carbocycles. The highest BCUT2D eigenvalue weighted by molar-refractivity contribution is 14.0. The summed E-state index contributed by atoms with van der Waals surface area (Å²) in [6.07, 6.45) is 12.9. The number of aliphatic imine (C=N–C) groups is 1. The molecule has 6 nitrogen and oxygen atoms in total. The predicted molar refractivity (Wildman–Crippen MR) is 145 cm³/mol. The van der Waals surface area contributed by atoms with Gasteiger partial charge in [-0.05, 0) is 64.5 Å². The van der Waals surface area contributed by atoms with E-state index in [9.17, 15) is 0 Å². The Morgan fingerprint density at radius 1 is 1.09 bits per heavy atom. The molecule has 0 spiro atoms. The summed E-state index contributed by atoms with van der Waals surface area (Å²) in [6.45, 7) is 8.88. The Balaban J connectivity index is 0.00000363. The molecule has 32 heavy (non-hydrogen) atoms. The van der Waals surface area contributed by atoms with Gasteiger partial charge < -0.3 is 20.3 Å². The fourth-order valence-corrected chi connectivity index (χ4v) is 4.53. The van der Waals surface area contributed by atoms with Crippen LogP contribution in [0.15, 0.2) is 23.2 Å². The molecule has 2 aliphatic rings. The number of unbranched alkanes of at least 4 members (excludes halogenated alkanes) is 1. The first kappa shape index (κ1) is 27.2. The van der Waals surface area contributed by atoms with E-state index in [1.807, 2.05) is 0 Å². The van der Waals surface area contributed by atoms with Crippen LogP contribution in [-0.4, -0.2) is 55.9 Å². The second-order valence-corrected chi connectivity index (χ2v) is 8.99. The van der Waals surface area contributed by atoms with Crippen molar-refractivity contribution in [1.29, 1.82) is 0 Å². The standard InChI is InChI=1S/C25H43N5O.HI/c1-3-26-25(27-17-8-9-20-31-23-12-6-4-5-7-13-23)29-22-15-18-30(19-16-22)24-14-10-11-21(2)28-24;/h10-11,14,22-23H,3-9,12-13,15-20H2,1-2H3,(H2,26,27,29);1H. The average molecular weight is 558 g/mol. The number of halogens is 1. The van der Waals surface area contributed by atoms with E-state index in [-0.39, 0.29) is 24.0 Å². The van der Waals surface area contributed by atoms with Crippen molar-refractivity contribution in [2.75, 3.05) is 37.7 Å². The molecule has 0 radical (unpaired) electrons. The maximum atomic E-state index is 6.10. The number of aromatic nitrogens is 1. The van der Waals surface area contributed by atoms with Crippen LogP contribution in [0.3, 0.4) is 0 Å². The summed E-state index contributed by atoms with van der Waals surface area (Å²) >= 11 is 0. The summed E-state index contributed by atoms with van der Waals surface area (Å²) in [7, 11) is 0. The van der Waals surface area contributed by atoms with E-state index in [1.165, 1.54) is 38.5 Å². The van der Waals surface area contributed by atoms with Crippen LogP contribution in [0, 0.1) is 6.92 Å². The molecule has 3 rings (SSSR count). The van der Waals surface area contributed by atoms with E-state index >= 15 is 0 Å². The van der Waals surface area contributed by atoms with Crippen LogP contribution in [-0.2, 0) is 4.74 Å². The van der Waals surface area contributed by atoms with Crippen LogP contribution < -0.4 is 15.5 Å². The second kappa shape index (κ2) is 15.7. The molecule has 1 aliphatic heterocycles. The summed E-state index contributed by atoms with van der Waals surface area (Å²) in [5.41, 5.74) is 1.08. The monoisotopic (exact) mass is 557 g/mol. The molecule has 1 saturated heterocycles. The minimum atomic E-state index is 0. The van der Waals surface area contributed by atoms with Crippen molar-refractivity contribution in [2.24, 2.45) is 4.99 Å². The Labute approximate surface area is 212 Å². The van der Waals surface area contributed by atoms with Gasteiger partial charge in [0.2, 0.25) is 0 Å². The van der Waals surface area contributed by atoms with Crippen molar-refractivity contribution < 1.29 is 4.74 Å². The molecular weight excluding hydrogens is 513 g/mol. The Kier molecular flexibility index (Phi) is 13.3. The maximum absolute atomic E-state index is 6.10. The van der Waals surface area contributed by atoms with Crippen molar-refractivity contribution in [2.45, 2.75) is 90.2 Å². The first-order chi connectivity index (χ1) is 15.2. The molecule has 0 bridgehead atoms. The number of hydrogen-bond donors (Lipinski definition) is 2. The highest BCUT2D eigenvalue weighted by Crippen LogP contribution is 2.20. The quantitative estimate of drug-likeness (QED) is 0.146. The van der Waals surface area contributed by atoms with Crippen LogP contribution in [0.5, 0.6) is 0 Å². The normalized spacial score (nSPS) is 18.7. The molecule has 1 saturated carbocycles. The average Bonchev–Trinajstić information content (AvgIpc) is 3.05. The SMILES string of the molecule is CCNC(=NCCCCOC1CCCCCC1)NC1CCN(c2cccc(C)n2)CC1.I. The molecule has 0 amide bonds. The third kappa shape index (κ3) is 9.81. The van der Waals surface area contributed by atoms with E-state index in [0.29, 0.717) is 12.1 Å². The van der Waals surface area contributed by atoms with Crippen LogP contribution in [0.2, 0.25) is 0 Å². The number of nitrogens with one attached hydrogen (secondary N) is 2. The zero-order chi connectivity index (χ0) is 21.7. The number of nitrogens with zero attached hydrogens (tertiary/aromatic N) is 3. The number of rotatable bonds is 9. The van der Waals surface area contributed by atoms with Crippen molar-refractivity contribution in [3.63, 3.8) is 0 Å².